The Morgan fingerprint density at radius 3 is 3.05 bits per heavy atom. The van der Waals surface area contributed by atoms with Gasteiger partial charge >= 0.3 is 0 Å². The number of thioether (sulfide) groups is 1. The molecule has 0 aliphatic heterocycles. The molecule has 3 nitrogen and oxygen atoms in total. The van der Waals surface area contributed by atoms with Gasteiger partial charge in [-0.3, -0.25) is 0 Å². The molecule has 98 valence electrons. The largest absolute Gasteiger partial charge is 0.384 e. The van der Waals surface area contributed by atoms with Crippen LogP contribution < -0.4 is 5.32 Å². The number of benzene rings is 1. The van der Waals surface area contributed by atoms with Crippen molar-refractivity contribution in [2.45, 2.75) is 18.2 Å². The normalized spacial score (nSPS) is 10.1. The van der Waals surface area contributed by atoms with Gasteiger partial charge in [0.25, 0.3) is 0 Å². The molecule has 2 aromatic rings. The predicted molar refractivity (Wildman–Crippen MR) is 81.9 cm³/mol. The fourth-order valence-corrected chi connectivity index (χ4v) is 3.16. The molecule has 1 heterocycles. The van der Waals surface area contributed by atoms with Crippen LogP contribution in [-0.2, 0) is 6.42 Å². The van der Waals surface area contributed by atoms with E-state index in [9.17, 15) is 5.26 Å². The summed E-state index contributed by atoms with van der Waals surface area (Å²) < 4.78 is 0. The first-order chi connectivity index (χ1) is 9.35. The molecule has 0 saturated carbocycles. The lowest BCUT2D eigenvalue weighted by atomic mass is 10.2. The molecule has 0 atom stereocenters. The van der Waals surface area contributed by atoms with E-state index in [-0.39, 0.29) is 0 Å². The van der Waals surface area contributed by atoms with E-state index >= 15 is 0 Å². The molecule has 0 saturated heterocycles. The van der Waals surface area contributed by atoms with Crippen molar-refractivity contribution in [2.75, 3.05) is 17.6 Å². The average molecular weight is 289 g/mol. The maximum absolute atomic E-state index is 9.30. The Balaban J connectivity index is 2.03. The van der Waals surface area contributed by atoms with Gasteiger partial charge in [0.1, 0.15) is 6.07 Å². The van der Waals surface area contributed by atoms with Gasteiger partial charge in [-0.15, -0.1) is 23.1 Å². The van der Waals surface area contributed by atoms with E-state index in [4.69, 9.17) is 0 Å². The zero-order chi connectivity index (χ0) is 13.5. The minimum Gasteiger partial charge on any atom is -0.384 e. The molecule has 0 radical (unpaired) electrons. The van der Waals surface area contributed by atoms with Crippen molar-refractivity contribution in [3.63, 3.8) is 0 Å². The lowest BCUT2D eigenvalue weighted by Crippen LogP contribution is -2.06. The second-order valence-corrected chi connectivity index (χ2v) is 6.11. The average Bonchev–Trinajstić information content (AvgIpc) is 2.93. The van der Waals surface area contributed by atoms with Gasteiger partial charge in [-0.2, -0.15) is 5.26 Å². The van der Waals surface area contributed by atoms with Crippen molar-refractivity contribution in [2.24, 2.45) is 0 Å². The topological polar surface area (TPSA) is 48.7 Å². The summed E-state index contributed by atoms with van der Waals surface area (Å²) in [6, 6.07) is 8.24. The maximum Gasteiger partial charge on any atom is 0.102 e. The molecule has 2 rings (SSSR count). The number of aromatic nitrogens is 1. The van der Waals surface area contributed by atoms with Crippen molar-refractivity contribution in [3.8, 4) is 6.07 Å². The quantitative estimate of drug-likeness (QED) is 0.822. The molecule has 0 unspecified atom stereocenters. The van der Waals surface area contributed by atoms with Crippen LogP contribution in [0.2, 0.25) is 0 Å². The molecule has 19 heavy (non-hydrogen) atoms. The summed E-state index contributed by atoms with van der Waals surface area (Å²) in [5.41, 5.74) is 1.66. The first-order valence-electron chi connectivity index (χ1n) is 6.13. The van der Waals surface area contributed by atoms with Crippen LogP contribution >= 0.6 is 23.1 Å². The SMILES string of the molecule is CCSc1cccc(NCCc2nccs2)c1C#N. The van der Waals surface area contributed by atoms with Crippen LogP contribution in [0.5, 0.6) is 0 Å². The summed E-state index contributed by atoms with van der Waals surface area (Å²) in [5.74, 6) is 0.969. The van der Waals surface area contributed by atoms with Crippen LogP contribution in [-0.4, -0.2) is 17.3 Å². The van der Waals surface area contributed by atoms with Gasteiger partial charge in [0.2, 0.25) is 0 Å². The Kier molecular flexibility index (Phi) is 5.25. The Morgan fingerprint density at radius 2 is 2.37 bits per heavy atom. The molecule has 1 aromatic heterocycles. The van der Waals surface area contributed by atoms with Crippen molar-refractivity contribution in [1.29, 1.82) is 5.26 Å². The van der Waals surface area contributed by atoms with E-state index in [1.165, 1.54) is 0 Å². The molecular formula is C14H15N3S2. The molecule has 1 N–H and O–H groups in total. The molecule has 1 aromatic carbocycles. The summed E-state index contributed by atoms with van der Waals surface area (Å²) in [6.07, 6.45) is 2.70. The van der Waals surface area contributed by atoms with Crippen molar-refractivity contribution in [3.05, 3.63) is 40.3 Å². The molecule has 5 heteroatoms. The van der Waals surface area contributed by atoms with Crippen molar-refractivity contribution >= 4 is 28.8 Å². The lowest BCUT2D eigenvalue weighted by Gasteiger charge is -2.10. The molecule has 0 spiro atoms. The Hall–Kier alpha value is -1.51. The predicted octanol–water partition coefficient (Wildman–Crippen LogP) is 3.78. The molecule has 0 aliphatic carbocycles. The highest BCUT2D eigenvalue weighted by molar-refractivity contribution is 7.99. The van der Waals surface area contributed by atoms with E-state index in [2.05, 4.69) is 23.3 Å². The Labute approximate surface area is 121 Å². The number of hydrogen-bond donors (Lipinski definition) is 1. The number of rotatable bonds is 6. The van der Waals surface area contributed by atoms with Crippen LogP contribution in [0.1, 0.15) is 17.5 Å². The van der Waals surface area contributed by atoms with Gasteiger partial charge in [-0.25, -0.2) is 4.98 Å². The van der Waals surface area contributed by atoms with Gasteiger partial charge in [0.15, 0.2) is 0 Å². The van der Waals surface area contributed by atoms with Crippen molar-refractivity contribution in [1.82, 2.24) is 4.98 Å². The third-order valence-corrected chi connectivity index (χ3v) is 4.35. The van der Waals surface area contributed by atoms with Crippen LogP contribution in [0.4, 0.5) is 5.69 Å². The number of nitriles is 1. The monoisotopic (exact) mass is 289 g/mol. The number of nitrogens with one attached hydrogen (secondary N) is 1. The fourth-order valence-electron chi connectivity index (χ4n) is 1.75. The van der Waals surface area contributed by atoms with Crippen LogP contribution in [0.15, 0.2) is 34.7 Å². The molecule has 0 aliphatic rings. The van der Waals surface area contributed by atoms with Gasteiger partial charge in [0, 0.05) is 29.4 Å². The van der Waals surface area contributed by atoms with Gasteiger partial charge in [-0.05, 0) is 17.9 Å². The Morgan fingerprint density at radius 1 is 1.47 bits per heavy atom. The minimum atomic E-state index is 0.744. The standard InChI is InChI=1S/C14H15N3S2/c1-2-18-13-5-3-4-12(11(13)10-15)16-7-6-14-17-8-9-19-14/h3-5,8-9,16H,2,6-7H2,1H3. The number of hydrogen-bond acceptors (Lipinski definition) is 5. The number of nitrogens with zero attached hydrogens (tertiary/aromatic N) is 2. The summed E-state index contributed by atoms with van der Waals surface area (Å²) >= 11 is 3.36. The second kappa shape index (κ2) is 7.17. The lowest BCUT2D eigenvalue weighted by molar-refractivity contribution is 0.996. The van der Waals surface area contributed by atoms with E-state index in [0.29, 0.717) is 0 Å². The van der Waals surface area contributed by atoms with E-state index in [0.717, 1.165) is 39.9 Å². The summed E-state index contributed by atoms with van der Waals surface area (Å²) in [4.78, 5) is 5.29. The van der Waals surface area contributed by atoms with Crippen molar-refractivity contribution < 1.29 is 0 Å². The maximum atomic E-state index is 9.30. The summed E-state index contributed by atoms with van der Waals surface area (Å²) in [6.45, 7) is 2.89. The van der Waals surface area contributed by atoms with Crippen LogP contribution in [0, 0.1) is 11.3 Å². The first-order valence-corrected chi connectivity index (χ1v) is 7.99. The number of thiazole rings is 1. The highest BCUT2D eigenvalue weighted by atomic mass is 32.2. The van der Waals surface area contributed by atoms with E-state index < -0.39 is 0 Å². The van der Waals surface area contributed by atoms with E-state index in [1.54, 1.807) is 23.1 Å². The van der Waals surface area contributed by atoms with Gasteiger partial charge in [0.05, 0.1) is 16.3 Å². The second-order valence-electron chi connectivity index (χ2n) is 3.83. The molecular weight excluding hydrogens is 274 g/mol. The Bertz CT molecular complexity index is 559. The molecule has 0 fully saturated rings. The smallest absolute Gasteiger partial charge is 0.102 e. The highest BCUT2D eigenvalue weighted by Crippen LogP contribution is 2.27. The zero-order valence-electron chi connectivity index (χ0n) is 10.7. The van der Waals surface area contributed by atoms with E-state index in [1.807, 2.05) is 29.8 Å². The van der Waals surface area contributed by atoms with Crippen LogP contribution in [0.25, 0.3) is 0 Å². The molecule has 0 bridgehead atoms. The fraction of sp³-hybridized carbons (Fsp3) is 0.286. The summed E-state index contributed by atoms with van der Waals surface area (Å²) in [7, 11) is 0. The summed E-state index contributed by atoms with van der Waals surface area (Å²) in [5, 5.41) is 15.7. The minimum absolute atomic E-state index is 0.744. The van der Waals surface area contributed by atoms with Gasteiger partial charge < -0.3 is 5.32 Å². The third kappa shape index (κ3) is 3.72. The first kappa shape index (κ1) is 13.9. The molecule has 0 amide bonds. The van der Waals surface area contributed by atoms with Gasteiger partial charge in [-0.1, -0.05) is 13.0 Å². The van der Waals surface area contributed by atoms with Crippen LogP contribution in [0.3, 0.4) is 0 Å². The third-order valence-electron chi connectivity index (χ3n) is 2.58. The zero-order valence-corrected chi connectivity index (χ0v) is 12.4. The number of anilines is 1. The highest BCUT2D eigenvalue weighted by Gasteiger charge is 2.07.